The van der Waals surface area contributed by atoms with Gasteiger partial charge in [0.25, 0.3) is 5.91 Å². The lowest BCUT2D eigenvalue weighted by Gasteiger charge is -2.46. The number of hydrogen-bond donors (Lipinski definition) is 0. The van der Waals surface area contributed by atoms with Crippen molar-refractivity contribution in [2.75, 3.05) is 44.2 Å². The molecule has 2 aromatic rings. The molecule has 0 N–H and O–H groups in total. The predicted octanol–water partition coefficient (Wildman–Crippen LogP) is 2.37. The summed E-state index contributed by atoms with van der Waals surface area (Å²) in [5.41, 5.74) is 1.68. The molecule has 0 radical (unpaired) electrons. The molecule has 5 rings (SSSR count). The summed E-state index contributed by atoms with van der Waals surface area (Å²) < 4.78 is 33.4. The molecule has 0 atom stereocenters. The van der Waals surface area contributed by atoms with E-state index in [-0.39, 0.29) is 43.1 Å². The van der Waals surface area contributed by atoms with Gasteiger partial charge in [0.1, 0.15) is 12.4 Å². The molecule has 2 saturated heterocycles. The molecule has 0 bridgehead atoms. The number of amides is 2. The first kappa shape index (κ1) is 25.5. The first-order chi connectivity index (χ1) is 17.7. The molecule has 4 heterocycles. The van der Waals surface area contributed by atoms with Crippen LogP contribution in [0.5, 0.6) is 5.75 Å². The summed E-state index contributed by atoms with van der Waals surface area (Å²) in [5.74, 6) is -0.142. The van der Waals surface area contributed by atoms with E-state index in [9.17, 15) is 18.0 Å². The van der Waals surface area contributed by atoms with E-state index in [1.807, 2.05) is 12.1 Å². The van der Waals surface area contributed by atoms with E-state index in [1.54, 1.807) is 36.7 Å². The van der Waals surface area contributed by atoms with Gasteiger partial charge in [-0.15, -0.1) is 0 Å². The Balaban J connectivity index is 1.26. The summed E-state index contributed by atoms with van der Waals surface area (Å²) in [4.78, 5) is 32.2. The van der Waals surface area contributed by atoms with Gasteiger partial charge in [-0.3, -0.25) is 14.6 Å². The van der Waals surface area contributed by atoms with Gasteiger partial charge in [0.15, 0.2) is 0 Å². The molecular weight excluding hydrogens is 518 g/mol. The fourth-order valence-corrected chi connectivity index (χ4v) is 6.63. The predicted molar refractivity (Wildman–Crippen MR) is 139 cm³/mol. The summed E-state index contributed by atoms with van der Waals surface area (Å²) in [5, 5.41) is 3.45. The summed E-state index contributed by atoms with van der Waals surface area (Å²) in [7, 11) is -3.93. The molecule has 12 heteroatoms. The number of hydrogen-bond acceptors (Lipinski definition) is 7. The number of rotatable bonds is 5. The van der Waals surface area contributed by atoms with Crippen molar-refractivity contribution in [2.24, 2.45) is 0 Å². The highest BCUT2D eigenvalue weighted by molar-refractivity contribution is 7.93. The molecule has 1 aromatic heterocycles. The molecule has 3 aliphatic rings. The second-order valence-electron chi connectivity index (χ2n) is 9.22. The summed E-state index contributed by atoms with van der Waals surface area (Å²) in [6.45, 7) is 2.62. The topological polar surface area (TPSA) is 103 Å². The molecule has 0 aliphatic carbocycles. The van der Waals surface area contributed by atoms with E-state index in [0.717, 1.165) is 23.1 Å². The Morgan fingerprint density at radius 1 is 1.11 bits per heavy atom. The number of pyridine rings is 1. The lowest BCUT2D eigenvalue weighted by atomic mass is 10.0. The molecule has 0 saturated carbocycles. The first-order valence-corrected chi connectivity index (χ1v) is 13.9. The first-order valence-electron chi connectivity index (χ1n) is 12.1. The van der Waals surface area contributed by atoms with Crippen LogP contribution >= 0.6 is 11.6 Å². The Labute approximate surface area is 221 Å². The average molecular weight is 546 g/mol. The lowest BCUT2D eigenvalue weighted by molar-refractivity contribution is -0.172. The van der Waals surface area contributed by atoms with Crippen molar-refractivity contribution in [3.05, 3.63) is 58.2 Å². The number of hydrazine groups is 1. The molecule has 10 nitrogen and oxygen atoms in total. The average Bonchev–Trinajstić information content (AvgIpc) is 2.90. The maximum absolute atomic E-state index is 13.3. The number of benzene rings is 1. The zero-order valence-corrected chi connectivity index (χ0v) is 22.0. The molecule has 37 heavy (non-hydrogen) atoms. The van der Waals surface area contributed by atoms with Crippen LogP contribution < -0.4 is 9.64 Å². The van der Waals surface area contributed by atoms with Crippen LogP contribution in [0.15, 0.2) is 47.6 Å². The highest BCUT2D eigenvalue weighted by Gasteiger charge is 2.40. The number of piperazine rings is 1. The standard InChI is InChI=1S/C25H28ClN5O5S/c1-18(32)31(22-6-10-28(11-7-22)21-4-8-27-9-5-21)30-13-12-29(16-25(30)33)37(34,35)23-14-19-2-3-20(26)15-24(19)36-17-23/h2-5,8-9,14-15,22H,6-7,10-13,16-17H2,1H3. The Hall–Kier alpha value is -3.15. The van der Waals surface area contributed by atoms with Gasteiger partial charge in [0, 0.05) is 55.2 Å². The normalized spacial score (nSPS) is 19.2. The molecule has 1 aromatic carbocycles. The van der Waals surface area contributed by atoms with Crippen molar-refractivity contribution < 1.29 is 22.7 Å². The third-order valence-corrected chi connectivity index (χ3v) is 9.04. The zero-order chi connectivity index (χ0) is 26.2. The SMILES string of the molecule is CC(=O)N(C1CCN(c2ccncc2)CC1)N1CCN(S(=O)(=O)C2=Cc3ccc(Cl)cc3OC2)CC1=O. The lowest BCUT2D eigenvalue weighted by Crippen LogP contribution is -2.63. The largest absolute Gasteiger partial charge is 0.487 e. The van der Waals surface area contributed by atoms with Crippen LogP contribution in [-0.4, -0.2) is 84.9 Å². The van der Waals surface area contributed by atoms with E-state index < -0.39 is 15.9 Å². The molecule has 2 fully saturated rings. The Morgan fingerprint density at radius 3 is 2.51 bits per heavy atom. The smallest absolute Gasteiger partial charge is 0.256 e. The van der Waals surface area contributed by atoms with Gasteiger partial charge in [-0.05, 0) is 49.2 Å². The van der Waals surface area contributed by atoms with Gasteiger partial charge >= 0.3 is 0 Å². The van der Waals surface area contributed by atoms with Gasteiger partial charge in [0.2, 0.25) is 15.9 Å². The van der Waals surface area contributed by atoms with E-state index >= 15 is 0 Å². The van der Waals surface area contributed by atoms with Crippen molar-refractivity contribution in [1.29, 1.82) is 0 Å². The fraction of sp³-hybridized carbons (Fsp3) is 0.400. The highest BCUT2D eigenvalue weighted by Crippen LogP contribution is 2.32. The number of nitrogens with zero attached hydrogens (tertiary/aromatic N) is 5. The number of sulfonamides is 1. The van der Waals surface area contributed by atoms with Gasteiger partial charge < -0.3 is 9.64 Å². The monoisotopic (exact) mass is 545 g/mol. The van der Waals surface area contributed by atoms with Crippen molar-refractivity contribution >= 4 is 45.2 Å². The van der Waals surface area contributed by atoms with E-state index in [4.69, 9.17) is 16.3 Å². The molecule has 2 amide bonds. The Bertz CT molecular complexity index is 1330. The highest BCUT2D eigenvalue weighted by atomic mass is 35.5. The molecule has 3 aliphatic heterocycles. The van der Waals surface area contributed by atoms with E-state index in [1.165, 1.54) is 16.9 Å². The van der Waals surface area contributed by atoms with Crippen molar-refractivity contribution in [1.82, 2.24) is 19.3 Å². The number of halogens is 1. The van der Waals surface area contributed by atoms with Crippen LogP contribution in [0.3, 0.4) is 0 Å². The van der Waals surface area contributed by atoms with E-state index in [2.05, 4.69) is 9.88 Å². The van der Waals surface area contributed by atoms with Crippen LogP contribution in [0.2, 0.25) is 5.02 Å². The van der Waals surface area contributed by atoms with Crippen LogP contribution in [-0.2, 0) is 19.6 Å². The summed E-state index contributed by atoms with van der Waals surface area (Å²) >= 11 is 5.99. The fourth-order valence-electron chi connectivity index (χ4n) is 5.05. The van der Waals surface area contributed by atoms with Crippen LogP contribution in [0.4, 0.5) is 5.69 Å². The third kappa shape index (κ3) is 5.16. The number of carbonyl (C=O) groups excluding carboxylic acids is 2. The number of ether oxygens (including phenoxy) is 1. The minimum Gasteiger partial charge on any atom is -0.487 e. The number of fused-ring (bicyclic) bond motifs is 1. The second kappa shape index (κ2) is 10.3. The Morgan fingerprint density at radius 2 is 1.84 bits per heavy atom. The van der Waals surface area contributed by atoms with Crippen LogP contribution in [0, 0.1) is 0 Å². The number of piperidine rings is 1. The second-order valence-corrected chi connectivity index (χ2v) is 11.7. The zero-order valence-electron chi connectivity index (χ0n) is 20.4. The van der Waals surface area contributed by atoms with Crippen molar-refractivity contribution in [3.8, 4) is 5.75 Å². The minimum atomic E-state index is -3.93. The molecule has 0 unspecified atom stereocenters. The Kier molecular flexibility index (Phi) is 7.11. The van der Waals surface area contributed by atoms with Gasteiger partial charge in [-0.25, -0.2) is 18.4 Å². The third-order valence-electron chi connectivity index (χ3n) is 6.91. The number of aromatic nitrogens is 1. The molecule has 0 spiro atoms. The molecular formula is C25H28ClN5O5S. The minimum absolute atomic E-state index is 0.0791. The molecule has 196 valence electrons. The van der Waals surface area contributed by atoms with Crippen molar-refractivity contribution in [2.45, 2.75) is 25.8 Å². The van der Waals surface area contributed by atoms with Crippen LogP contribution in [0.1, 0.15) is 25.3 Å². The number of anilines is 1. The van der Waals surface area contributed by atoms with Gasteiger partial charge in [-0.1, -0.05) is 11.6 Å². The number of carbonyl (C=O) groups is 2. The van der Waals surface area contributed by atoms with Gasteiger partial charge in [0.05, 0.1) is 24.0 Å². The summed E-state index contributed by atoms with van der Waals surface area (Å²) in [6.07, 6.45) is 6.45. The maximum Gasteiger partial charge on any atom is 0.256 e. The summed E-state index contributed by atoms with van der Waals surface area (Å²) in [6, 6.07) is 8.76. The van der Waals surface area contributed by atoms with Gasteiger partial charge in [-0.2, -0.15) is 4.31 Å². The quantitative estimate of drug-likeness (QED) is 0.568. The van der Waals surface area contributed by atoms with Crippen LogP contribution in [0.25, 0.3) is 6.08 Å². The maximum atomic E-state index is 13.3. The van der Waals surface area contributed by atoms with E-state index in [0.29, 0.717) is 29.2 Å². The van der Waals surface area contributed by atoms with Crippen molar-refractivity contribution in [3.63, 3.8) is 0 Å².